The van der Waals surface area contributed by atoms with E-state index in [1.807, 2.05) is 0 Å². The van der Waals surface area contributed by atoms with Crippen molar-refractivity contribution in [3.05, 3.63) is 47.5 Å². The van der Waals surface area contributed by atoms with E-state index in [1.165, 1.54) is 32.7 Å². The zero-order valence-electron chi connectivity index (χ0n) is 15.2. The molecule has 1 N–H and O–H groups in total. The molecule has 0 spiro atoms. The Morgan fingerprint density at radius 1 is 0.962 bits per heavy atom. The molecule has 1 aliphatic heterocycles. The largest absolute Gasteiger partial charge is 0.494 e. The lowest BCUT2D eigenvalue weighted by Crippen LogP contribution is -2.31. The minimum absolute atomic E-state index is 0.0487. The van der Waals surface area contributed by atoms with Gasteiger partial charge in [-0.2, -0.15) is 0 Å². The average molecular weight is 348 g/mol. The van der Waals surface area contributed by atoms with Gasteiger partial charge in [0, 0.05) is 0 Å². The van der Waals surface area contributed by atoms with E-state index in [2.05, 4.69) is 50.2 Å². The molecule has 132 valence electrons. The van der Waals surface area contributed by atoms with Crippen LogP contribution in [0.2, 0.25) is 0 Å². The van der Waals surface area contributed by atoms with E-state index in [4.69, 9.17) is 19.1 Å². The van der Waals surface area contributed by atoms with Crippen LogP contribution in [0.3, 0.4) is 0 Å². The van der Waals surface area contributed by atoms with Gasteiger partial charge in [0.25, 0.3) is 0 Å². The molecule has 1 heterocycles. The van der Waals surface area contributed by atoms with E-state index in [0.717, 1.165) is 10.9 Å². The van der Waals surface area contributed by atoms with Gasteiger partial charge in [0.15, 0.2) is 0 Å². The molecule has 3 aromatic carbocycles. The smallest absolute Gasteiger partial charge is 0.432 e. The van der Waals surface area contributed by atoms with Gasteiger partial charge in [0.2, 0.25) is 0 Å². The zero-order chi connectivity index (χ0) is 18.1. The van der Waals surface area contributed by atoms with Gasteiger partial charge in [-0.1, -0.05) is 41.9 Å². The lowest BCUT2D eigenvalue weighted by molar-refractivity contribution is 0.209. The highest BCUT2D eigenvalue weighted by Gasteiger charge is 2.26. The van der Waals surface area contributed by atoms with Crippen molar-refractivity contribution in [1.82, 2.24) is 0 Å². The van der Waals surface area contributed by atoms with E-state index in [9.17, 15) is 0 Å². The molecule has 3 aromatic rings. The Hall–Kier alpha value is -1.85. The monoisotopic (exact) mass is 348 g/mol. The van der Waals surface area contributed by atoms with Crippen molar-refractivity contribution in [1.29, 1.82) is 0 Å². The second kappa shape index (κ2) is 7.41. The van der Waals surface area contributed by atoms with Crippen LogP contribution in [0.15, 0.2) is 36.4 Å². The summed E-state index contributed by atoms with van der Waals surface area (Å²) in [6.07, 6.45) is 0. The molecular formula is C20H22B2O4. The molecule has 6 heteroatoms. The molecule has 0 radical (unpaired) electrons. The molecule has 0 aromatic heterocycles. The summed E-state index contributed by atoms with van der Waals surface area (Å²) in [5.41, 5.74) is 4.76. The molecule has 0 saturated carbocycles. The SMILES string of the molecule is Cc1c(C)c2cc(B3OCCO3)ccc2c2ccc(BOCCO)cc12. The van der Waals surface area contributed by atoms with Gasteiger partial charge >= 0.3 is 14.6 Å². The fourth-order valence-corrected chi connectivity index (χ4v) is 3.69. The maximum Gasteiger partial charge on any atom is 0.494 e. The Balaban J connectivity index is 1.81. The zero-order valence-corrected chi connectivity index (χ0v) is 15.2. The number of fused-ring (bicyclic) bond motifs is 3. The lowest BCUT2D eigenvalue weighted by atomic mass is 9.77. The summed E-state index contributed by atoms with van der Waals surface area (Å²) in [5.74, 6) is 0. The predicted molar refractivity (Wildman–Crippen MR) is 108 cm³/mol. The summed E-state index contributed by atoms with van der Waals surface area (Å²) in [6.45, 7) is 6.06. The molecule has 1 aliphatic rings. The molecule has 26 heavy (non-hydrogen) atoms. The second-order valence-corrected chi connectivity index (χ2v) is 6.78. The van der Waals surface area contributed by atoms with Gasteiger partial charge in [-0.15, -0.1) is 0 Å². The van der Waals surface area contributed by atoms with Crippen LogP contribution in [0.5, 0.6) is 0 Å². The van der Waals surface area contributed by atoms with E-state index in [-0.39, 0.29) is 13.7 Å². The summed E-state index contributed by atoms with van der Waals surface area (Å²) in [5, 5.41) is 13.9. The standard InChI is InChI=1S/C20H22B2O4/c1-13-14(2)20-12-16(22-25-9-10-26-22)4-6-18(20)17-5-3-15(11-19(13)17)21-24-8-7-23/h3-6,11-12,21,23H,7-10H2,1-2H3. The first kappa shape index (κ1) is 17.6. The van der Waals surface area contributed by atoms with Crippen molar-refractivity contribution in [3.63, 3.8) is 0 Å². The summed E-state index contributed by atoms with van der Waals surface area (Å²) >= 11 is 0. The molecule has 0 atom stereocenters. The van der Waals surface area contributed by atoms with Crippen molar-refractivity contribution < 1.29 is 19.1 Å². The number of benzene rings is 3. The first-order valence-electron chi connectivity index (χ1n) is 9.06. The quantitative estimate of drug-likeness (QED) is 0.430. The fourth-order valence-electron chi connectivity index (χ4n) is 3.69. The summed E-state index contributed by atoms with van der Waals surface area (Å²) in [7, 11) is 0.267. The van der Waals surface area contributed by atoms with Crippen LogP contribution in [0.25, 0.3) is 21.5 Å². The number of hydrogen-bond donors (Lipinski definition) is 1. The Morgan fingerprint density at radius 3 is 2.31 bits per heavy atom. The fraction of sp³-hybridized carbons (Fsp3) is 0.300. The highest BCUT2D eigenvalue weighted by atomic mass is 16.6. The van der Waals surface area contributed by atoms with Crippen LogP contribution in [-0.2, 0) is 14.0 Å². The van der Waals surface area contributed by atoms with E-state index in [1.54, 1.807) is 0 Å². The van der Waals surface area contributed by atoms with Crippen molar-refractivity contribution in [3.8, 4) is 0 Å². The maximum atomic E-state index is 8.87. The third-order valence-corrected chi connectivity index (χ3v) is 5.19. The van der Waals surface area contributed by atoms with Crippen molar-refractivity contribution in [2.45, 2.75) is 13.8 Å². The maximum absolute atomic E-state index is 8.87. The molecule has 4 nitrogen and oxygen atoms in total. The molecule has 1 fully saturated rings. The van der Waals surface area contributed by atoms with Crippen LogP contribution >= 0.6 is 0 Å². The number of aliphatic hydroxyl groups excluding tert-OH is 1. The highest BCUT2D eigenvalue weighted by Crippen LogP contribution is 2.31. The van der Waals surface area contributed by atoms with Crippen LogP contribution in [0.1, 0.15) is 11.1 Å². The van der Waals surface area contributed by atoms with Gasteiger partial charge < -0.3 is 19.1 Å². The van der Waals surface area contributed by atoms with Crippen LogP contribution in [0.4, 0.5) is 0 Å². The molecule has 0 aliphatic carbocycles. The normalized spacial score (nSPS) is 14.5. The molecule has 4 rings (SSSR count). The highest BCUT2D eigenvalue weighted by molar-refractivity contribution is 6.62. The Labute approximate surface area is 154 Å². The van der Waals surface area contributed by atoms with Crippen LogP contribution in [0, 0.1) is 13.8 Å². The van der Waals surface area contributed by atoms with Gasteiger partial charge in [-0.3, -0.25) is 0 Å². The Kier molecular flexibility index (Phi) is 5.00. The summed E-state index contributed by atoms with van der Waals surface area (Å²) < 4.78 is 16.8. The number of hydrogen-bond acceptors (Lipinski definition) is 4. The van der Waals surface area contributed by atoms with Gasteiger partial charge in [-0.25, -0.2) is 0 Å². The predicted octanol–water partition coefficient (Wildman–Crippen LogP) is 1.34. The minimum atomic E-state index is -0.249. The van der Waals surface area contributed by atoms with E-state index < -0.39 is 0 Å². The Bertz CT molecular complexity index is 952. The van der Waals surface area contributed by atoms with Gasteiger partial charge in [-0.05, 0) is 52.0 Å². The van der Waals surface area contributed by atoms with Crippen molar-refractivity contribution in [2.75, 3.05) is 26.4 Å². The summed E-state index contributed by atoms with van der Waals surface area (Å²) in [4.78, 5) is 0. The molecular weight excluding hydrogens is 326 g/mol. The molecule has 0 amide bonds. The topological polar surface area (TPSA) is 47.9 Å². The first-order chi connectivity index (χ1) is 12.7. The third-order valence-electron chi connectivity index (χ3n) is 5.19. The van der Waals surface area contributed by atoms with Gasteiger partial charge in [0.05, 0.1) is 26.4 Å². The minimum Gasteiger partial charge on any atom is -0.432 e. The Morgan fingerprint density at radius 2 is 1.62 bits per heavy atom. The van der Waals surface area contributed by atoms with Gasteiger partial charge in [0.1, 0.15) is 0 Å². The third kappa shape index (κ3) is 3.14. The van der Waals surface area contributed by atoms with Crippen LogP contribution in [-0.4, -0.2) is 46.1 Å². The molecule has 0 unspecified atom stereocenters. The lowest BCUT2D eigenvalue weighted by Gasteiger charge is -2.15. The number of aliphatic hydroxyl groups is 1. The molecule has 1 saturated heterocycles. The summed E-state index contributed by atoms with van der Waals surface area (Å²) in [6, 6.07) is 12.9. The number of rotatable bonds is 5. The first-order valence-corrected chi connectivity index (χ1v) is 9.06. The van der Waals surface area contributed by atoms with Crippen molar-refractivity contribution >= 4 is 47.1 Å². The number of aryl methyl sites for hydroxylation is 2. The molecule has 0 bridgehead atoms. The van der Waals surface area contributed by atoms with Crippen molar-refractivity contribution in [2.24, 2.45) is 0 Å². The average Bonchev–Trinajstić information content (AvgIpc) is 3.21. The second-order valence-electron chi connectivity index (χ2n) is 6.78. The van der Waals surface area contributed by atoms with E-state index >= 15 is 0 Å². The van der Waals surface area contributed by atoms with Crippen LogP contribution < -0.4 is 10.9 Å². The van der Waals surface area contributed by atoms with E-state index in [0.29, 0.717) is 27.3 Å².